The van der Waals surface area contributed by atoms with Gasteiger partial charge < -0.3 is 20.0 Å². The van der Waals surface area contributed by atoms with Gasteiger partial charge in [-0.05, 0) is 36.4 Å². The number of nitrogens with one attached hydrogen (secondary N) is 3. The Kier molecular flexibility index (Phi) is 4.82. The summed E-state index contributed by atoms with van der Waals surface area (Å²) >= 11 is 0. The van der Waals surface area contributed by atoms with Crippen molar-refractivity contribution in [2.24, 2.45) is 0 Å². The van der Waals surface area contributed by atoms with E-state index < -0.39 is 27.0 Å². The van der Waals surface area contributed by atoms with E-state index in [1.54, 1.807) is 18.2 Å². The van der Waals surface area contributed by atoms with Gasteiger partial charge >= 0.3 is 12.1 Å². The summed E-state index contributed by atoms with van der Waals surface area (Å²) in [5.74, 6) is -0.835. The summed E-state index contributed by atoms with van der Waals surface area (Å²) in [4.78, 5) is 24.3. The molecule has 3 N–H and O–H groups in total. The number of aromatic amines is 2. The average Bonchev–Trinajstić information content (AvgIpc) is 3.35. The number of imidazole rings is 1. The number of anilines is 2. The minimum Gasteiger partial charge on any atom is -0.404 e. The van der Waals surface area contributed by atoms with Gasteiger partial charge in [0, 0.05) is 23.5 Å². The zero-order valence-electron chi connectivity index (χ0n) is 16.8. The van der Waals surface area contributed by atoms with Gasteiger partial charge in [-0.3, -0.25) is 0 Å². The maximum atomic E-state index is 13.2. The predicted molar refractivity (Wildman–Crippen MR) is 115 cm³/mol. The molecule has 14 heteroatoms. The number of H-pyrrole nitrogens is 2. The van der Waals surface area contributed by atoms with Crippen molar-refractivity contribution < 1.29 is 26.3 Å². The van der Waals surface area contributed by atoms with Crippen molar-refractivity contribution in [3.63, 3.8) is 0 Å². The van der Waals surface area contributed by atoms with Gasteiger partial charge in [0.1, 0.15) is 10.6 Å². The van der Waals surface area contributed by atoms with E-state index >= 15 is 0 Å². The Hall–Kier alpha value is -4.33. The van der Waals surface area contributed by atoms with E-state index in [0.717, 1.165) is 16.1 Å². The van der Waals surface area contributed by atoms with Crippen molar-refractivity contribution in [3.05, 3.63) is 71.4 Å². The predicted octanol–water partition coefficient (Wildman–Crippen LogP) is 3.48. The van der Waals surface area contributed by atoms with Crippen molar-refractivity contribution in [3.8, 4) is 5.75 Å². The van der Waals surface area contributed by atoms with E-state index in [1.807, 2.05) is 0 Å². The van der Waals surface area contributed by atoms with Crippen molar-refractivity contribution in [1.29, 1.82) is 0 Å². The number of para-hydroxylation sites is 1. The van der Waals surface area contributed by atoms with Gasteiger partial charge in [-0.25, -0.2) is 22.2 Å². The number of hydrogen-bond donors (Lipinski definition) is 3. The average molecular weight is 490 g/mol. The van der Waals surface area contributed by atoms with Crippen LogP contribution in [0, 0.1) is 0 Å². The van der Waals surface area contributed by atoms with E-state index in [4.69, 9.17) is 0 Å². The van der Waals surface area contributed by atoms with Crippen LogP contribution in [0.15, 0.2) is 70.6 Å². The smallest absolute Gasteiger partial charge is 0.404 e. The fourth-order valence-corrected chi connectivity index (χ4v) is 4.79. The number of halogens is 3. The molecule has 0 fully saturated rings. The van der Waals surface area contributed by atoms with Crippen molar-refractivity contribution in [2.45, 2.75) is 11.3 Å². The number of nitrogens with zero attached hydrogens (tertiary/aromatic N) is 3. The van der Waals surface area contributed by atoms with E-state index in [2.05, 4.69) is 30.0 Å². The van der Waals surface area contributed by atoms with Gasteiger partial charge in [-0.1, -0.05) is 12.1 Å². The molecular formula is C20H13F3N6O4S. The second-order valence-electron chi connectivity index (χ2n) is 7.05. The molecule has 0 radical (unpaired) electrons. The number of alkyl halides is 3. The quantitative estimate of drug-likeness (QED) is 0.343. The Morgan fingerprint density at radius 3 is 2.59 bits per heavy atom. The lowest BCUT2D eigenvalue weighted by molar-refractivity contribution is -0.275. The van der Waals surface area contributed by atoms with Gasteiger partial charge in [-0.15, -0.1) is 13.2 Å². The molecule has 2 aromatic carbocycles. The zero-order chi connectivity index (χ0) is 24.1. The summed E-state index contributed by atoms with van der Waals surface area (Å²) in [7, 11) is -4.51. The number of hydrogen-bond acceptors (Lipinski definition) is 7. The topological polar surface area (TPSA) is 135 Å². The standard InChI is InChI=1S/C20H13F3N6O4S/c21-20(22,23)33-15-3-1-2-4-16(15)34(31,32)29-8-7-11-10-24-18(28-17(11)29)25-12-5-6-13-14(9-12)27-19(30)26-13/h1-10H,(H,24,25,28)(H2,26,27,30). The van der Waals surface area contributed by atoms with E-state index in [0.29, 0.717) is 22.1 Å². The lowest BCUT2D eigenvalue weighted by Crippen LogP contribution is -2.20. The molecule has 0 unspecified atom stereocenters. The van der Waals surface area contributed by atoms with Gasteiger partial charge in [0.2, 0.25) is 5.95 Å². The molecule has 5 aromatic rings. The van der Waals surface area contributed by atoms with Gasteiger partial charge in [-0.2, -0.15) is 4.98 Å². The van der Waals surface area contributed by atoms with Crippen LogP contribution in [-0.2, 0) is 10.0 Å². The molecule has 0 aliphatic rings. The molecule has 0 bridgehead atoms. The molecule has 10 nitrogen and oxygen atoms in total. The molecule has 3 heterocycles. The first-order chi connectivity index (χ1) is 16.1. The van der Waals surface area contributed by atoms with Crippen LogP contribution in [-0.4, -0.2) is 38.7 Å². The summed E-state index contributed by atoms with van der Waals surface area (Å²) in [5, 5.41) is 3.25. The highest BCUT2D eigenvalue weighted by Crippen LogP contribution is 2.32. The lowest BCUT2D eigenvalue weighted by Gasteiger charge is -2.14. The third kappa shape index (κ3) is 3.94. The van der Waals surface area contributed by atoms with Crippen LogP contribution in [0.5, 0.6) is 5.75 Å². The van der Waals surface area contributed by atoms with E-state index in [9.17, 15) is 26.4 Å². The Balaban J connectivity index is 1.55. The fourth-order valence-electron chi connectivity index (χ4n) is 3.37. The minimum absolute atomic E-state index is 0.0275. The van der Waals surface area contributed by atoms with Crippen molar-refractivity contribution in [2.75, 3.05) is 5.32 Å². The number of aromatic nitrogens is 5. The zero-order valence-corrected chi connectivity index (χ0v) is 17.6. The summed E-state index contributed by atoms with van der Waals surface area (Å²) in [6.07, 6.45) is -2.54. The SMILES string of the molecule is O=c1[nH]c2ccc(Nc3ncc4ccn(S(=O)(=O)c5ccccc5OC(F)(F)F)c4n3)cc2[nH]1. The Bertz CT molecular complexity index is 1700. The van der Waals surface area contributed by atoms with Crippen molar-refractivity contribution >= 4 is 43.7 Å². The third-order valence-electron chi connectivity index (χ3n) is 4.78. The first-order valence-electron chi connectivity index (χ1n) is 9.54. The van der Waals surface area contributed by atoms with Crippen LogP contribution in [0.3, 0.4) is 0 Å². The van der Waals surface area contributed by atoms with Crippen LogP contribution in [0.1, 0.15) is 0 Å². The van der Waals surface area contributed by atoms with Crippen molar-refractivity contribution in [1.82, 2.24) is 23.9 Å². The Morgan fingerprint density at radius 2 is 1.79 bits per heavy atom. The molecular weight excluding hydrogens is 477 g/mol. The molecule has 0 spiro atoms. The van der Waals surface area contributed by atoms with Crippen LogP contribution < -0.4 is 15.7 Å². The van der Waals surface area contributed by atoms with Crippen LogP contribution in [0.25, 0.3) is 22.1 Å². The molecule has 3 aromatic heterocycles. The first kappa shape index (κ1) is 21.5. The first-order valence-corrected chi connectivity index (χ1v) is 11.0. The second kappa shape index (κ2) is 7.62. The minimum atomic E-state index is -5.07. The second-order valence-corrected chi connectivity index (χ2v) is 8.83. The summed E-state index contributed by atoms with van der Waals surface area (Å²) in [6.45, 7) is 0. The molecule has 5 rings (SSSR count). The highest BCUT2D eigenvalue weighted by molar-refractivity contribution is 7.90. The van der Waals surface area contributed by atoms with E-state index in [1.165, 1.54) is 30.6 Å². The number of ether oxygens (including phenoxy) is 1. The molecule has 0 aliphatic carbocycles. The molecule has 0 aliphatic heterocycles. The summed E-state index contributed by atoms with van der Waals surface area (Å²) in [5.41, 5.74) is 1.19. The van der Waals surface area contributed by atoms with Crippen LogP contribution in [0.4, 0.5) is 24.8 Å². The Labute approximate surface area is 188 Å². The normalized spacial score (nSPS) is 12.3. The molecule has 174 valence electrons. The Morgan fingerprint density at radius 1 is 1.03 bits per heavy atom. The number of benzene rings is 2. The largest absolute Gasteiger partial charge is 0.573 e. The number of rotatable bonds is 5. The van der Waals surface area contributed by atoms with E-state index in [-0.39, 0.29) is 17.3 Å². The maximum absolute atomic E-state index is 13.2. The van der Waals surface area contributed by atoms with Crippen LogP contribution >= 0.6 is 0 Å². The molecule has 34 heavy (non-hydrogen) atoms. The highest BCUT2D eigenvalue weighted by Gasteiger charge is 2.34. The highest BCUT2D eigenvalue weighted by atomic mass is 32.2. The van der Waals surface area contributed by atoms with Crippen LogP contribution in [0.2, 0.25) is 0 Å². The monoisotopic (exact) mass is 490 g/mol. The lowest BCUT2D eigenvalue weighted by atomic mass is 10.3. The summed E-state index contributed by atoms with van der Waals surface area (Å²) < 4.78 is 69.5. The van der Waals surface area contributed by atoms with Gasteiger partial charge in [0.05, 0.1) is 11.0 Å². The third-order valence-corrected chi connectivity index (χ3v) is 6.48. The van der Waals surface area contributed by atoms with Gasteiger partial charge in [0.15, 0.2) is 5.65 Å². The maximum Gasteiger partial charge on any atom is 0.573 e. The molecule has 0 atom stereocenters. The summed E-state index contributed by atoms with van der Waals surface area (Å²) in [6, 6.07) is 10.8. The molecule has 0 amide bonds. The molecule has 0 saturated carbocycles. The fraction of sp³-hybridized carbons (Fsp3) is 0.0500. The van der Waals surface area contributed by atoms with Gasteiger partial charge in [0.25, 0.3) is 10.0 Å². The molecule has 0 saturated heterocycles. The number of fused-ring (bicyclic) bond motifs is 2.